The van der Waals surface area contributed by atoms with Crippen LogP contribution in [0.25, 0.3) is 0 Å². The van der Waals surface area contributed by atoms with E-state index in [2.05, 4.69) is 39.2 Å². The van der Waals surface area contributed by atoms with Crippen molar-refractivity contribution >= 4 is 25.7 Å². The van der Waals surface area contributed by atoms with E-state index in [0.29, 0.717) is 6.61 Å². The van der Waals surface area contributed by atoms with E-state index in [4.69, 9.17) is 4.43 Å². The van der Waals surface area contributed by atoms with Crippen LogP contribution in [-0.4, -0.2) is 20.0 Å². The second-order valence-corrected chi connectivity index (χ2v) is 12.3. The van der Waals surface area contributed by atoms with Gasteiger partial charge >= 0.3 is 0 Å². The molecule has 1 rings (SSSR count). The molecule has 0 saturated carbocycles. The maximum atomic E-state index is 11.9. The van der Waals surface area contributed by atoms with Crippen LogP contribution >= 0.6 is 0 Å². The molecule has 0 heterocycles. The van der Waals surface area contributed by atoms with E-state index in [0.717, 1.165) is 11.3 Å². The van der Waals surface area contributed by atoms with Gasteiger partial charge in [-0.15, -0.1) is 0 Å². The summed E-state index contributed by atoms with van der Waals surface area (Å²) in [5.41, 5.74) is 1.73. The molecule has 0 fully saturated rings. The van der Waals surface area contributed by atoms with Crippen molar-refractivity contribution in [1.29, 1.82) is 0 Å². The molecule has 1 N–H and O–H groups in total. The Bertz CT molecular complexity index is 562. The molecule has 0 saturated heterocycles. The average molecular weight is 336 g/mol. The molecule has 128 valence electrons. The lowest BCUT2D eigenvalue weighted by Crippen LogP contribution is -2.40. The lowest BCUT2D eigenvalue weighted by atomic mass is 10.1. The Balaban J connectivity index is 2.74. The summed E-state index contributed by atoms with van der Waals surface area (Å²) in [5.74, 6) is -0.116. The van der Waals surface area contributed by atoms with Crippen LogP contribution < -0.4 is 5.32 Å². The number of carbonyl (C=O) groups excluding carboxylic acids is 2. The number of anilines is 1. The molecular weight excluding hydrogens is 306 g/mol. The van der Waals surface area contributed by atoms with Crippen molar-refractivity contribution in [2.75, 3.05) is 5.32 Å². The Hall–Kier alpha value is -1.46. The number of carbonyl (C=O) groups is 2. The van der Waals surface area contributed by atoms with Crippen LogP contribution in [0, 0.1) is 0 Å². The average Bonchev–Trinajstić information content (AvgIpc) is 2.43. The predicted octanol–water partition coefficient (Wildman–Crippen LogP) is 4.52. The summed E-state index contributed by atoms with van der Waals surface area (Å²) < 4.78 is 6.23. The SMILES string of the molecule is CC(=O)CCC(=O)Nc1ccccc1CO[Si](C)(C)C(C)(C)C. The first kappa shape index (κ1) is 19.6. The monoisotopic (exact) mass is 335 g/mol. The highest BCUT2D eigenvalue weighted by Gasteiger charge is 2.37. The highest BCUT2D eigenvalue weighted by Crippen LogP contribution is 2.37. The van der Waals surface area contributed by atoms with Crippen LogP contribution in [0.1, 0.15) is 46.1 Å². The van der Waals surface area contributed by atoms with Crippen LogP contribution in [0.15, 0.2) is 24.3 Å². The zero-order valence-corrected chi connectivity index (χ0v) is 16.2. The fourth-order valence-electron chi connectivity index (χ4n) is 1.75. The Morgan fingerprint density at radius 2 is 1.74 bits per heavy atom. The Morgan fingerprint density at radius 1 is 1.13 bits per heavy atom. The van der Waals surface area contributed by atoms with E-state index < -0.39 is 8.32 Å². The van der Waals surface area contributed by atoms with Crippen molar-refractivity contribution in [2.45, 2.75) is 65.3 Å². The van der Waals surface area contributed by atoms with Gasteiger partial charge < -0.3 is 14.5 Å². The first-order chi connectivity index (χ1) is 10.5. The zero-order chi connectivity index (χ0) is 17.7. The molecule has 0 aliphatic carbocycles. The van der Waals surface area contributed by atoms with Gasteiger partial charge in [0.25, 0.3) is 0 Å². The summed E-state index contributed by atoms with van der Waals surface area (Å²) in [4.78, 5) is 22.9. The van der Waals surface area contributed by atoms with Crippen LogP contribution in [0.4, 0.5) is 5.69 Å². The van der Waals surface area contributed by atoms with Gasteiger partial charge in [-0.25, -0.2) is 0 Å². The molecule has 0 spiro atoms. The molecule has 0 aliphatic heterocycles. The number of hydrogen-bond donors (Lipinski definition) is 1. The molecule has 1 aromatic carbocycles. The van der Waals surface area contributed by atoms with Crippen LogP contribution in [-0.2, 0) is 20.6 Å². The zero-order valence-electron chi connectivity index (χ0n) is 15.2. The quantitative estimate of drug-likeness (QED) is 0.746. The third kappa shape index (κ3) is 6.27. The summed E-state index contributed by atoms with van der Waals surface area (Å²) in [5, 5.41) is 3.03. The number of nitrogens with one attached hydrogen (secondary N) is 1. The first-order valence-corrected chi connectivity index (χ1v) is 10.9. The maximum Gasteiger partial charge on any atom is 0.224 e. The van der Waals surface area contributed by atoms with Crippen molar-refractivity contribution in [3.63, 3.8) is 0 Å². The van der Waals surface area contributed by atoms with Crippen molar-refractivity contribution in [3.8, 4) is 0 Å². The van der Waals surface area contributed by atoms with Gasteiger partial charge in [0.1, 0.15) is 5.78 Å². The lowest BCUT2D eigenvalue weighted by molar-refractivity contribution is -0.121. The van der Waals surface area contributed by atoms with Gasteiger partial charge in [0.2, 0.25) is 5.91 Å². The number of ketones is 1. The van der Waals surface area contributed by atoms with Gasteiger partial charge in [0.15, 0.2) is 8.32 Å². The molecule has 1 amide bonds. The number of para-hydroxylation sites is 1. The van der Waals surface area contributed by atoms with Gasteiger partial charge in [-0.2, -0.15) is 0 Å². The van der Waals surface area contributed by atoms with Gasteiger partial charge in [0, 0.05) is 18.5 Å². The summed E-state index contributed by atoms with van der Waals surface area (Å²) in [6.45, 7) is 13.0. The Morgan fingerprint density at radius 3 is 2.30 bits per heavy atom. The minimum absolute atomic E-state index is 0.0229. The summed E-state index contributed by atoms with van der Waals surface area (Å²) in [6.07, 6.45) is 0.487. The molecule has 0 aliphatic rings. The predicted molar refractivity (Wildman–Crippen MR) is 97.0 cm³/mol. The number of benzene rings is 1. The smallest absolute Gasteiger partial charge is 0.224 e. The topological polar surface area (TPSA) is 55.4 Å². The molecule has 4 nitrogen and oxygen atoms in total. The van der Waals surface area contributed by atoms with Gasteiger partial charge in [-0.1, -0.05) is 39.0 Å². The van der Waals surface area contributed by atoms with Gasteiger partial charge in [-0.3, -0.25) is 4.79 Å². The van der Waals surface area contributed by atoms with Gasteiger partial charge in [0.05, 0.1) is 6.61 Å². The van der Waals surface area contributed by atoms with E-state index >= 15 is 0 Å². The molecule has 0 radical (unpaired) electrons. The normalized spacial score (nSPS) is 12.1. The Kier molecular flexibility index (Phi) is 6.71. The Labute approximate surface area is 140 Å². The molecular formula is C18H29NO3Si. The van der Waals surface area contributed by atoms with Gasteiger partial charge in [-0.05, 0) is 36.7 Å². The fourth-order valence-corrected chi connectivity index (χ4v) is 2.69. The van der Waals surface area contributed by atoms with Crippen LogP contribution in [0.3, 0.4) is 0 Å². The van der Waals surface area contributed by atoms with Crippen molar-refractivity contribution in [1.82, 2.24) is 0 Å². The molecule has 0 bridgehead atoms. The second kappa shape index (κ2) is 7.88. The van der Waals surface area contributed by atoms with E-state index in [1.807, 2.05) is 24.3 Å². The van der Waals surface area contributed by atoms with E-state index in [9.17, 15) is 9.59 Å². The number of amides is 1. The van der Waals surface area contributed by atoms with E-state index in [1.165, 1.54) is 6.92 Å². The summed E-state index contributed by atoms with van der Waals surface area (Å²) in [6, 6.07) is 7.66. The number of Topliss-reactive ketones (excluding diaryl/α,β-unsaturated/α-hetero) is 1. The highest BCUT2D eigenvalue weighted by molar-refractivity contribution is 6.74. The second-order valence-electron chi connectivity index (χ2n) is 7.46. The third-order valence-corrected chi connectivity index (χ3v) is 8.87. The highest BCUT2D eigenvalue weighted by atomic mass is 28.4. The van der Waals surface area contributed by atoms with Crippen molar-refractivity contribution in [3.05, 3.63) is 29.8 Å². The molecule has 23 heavy (non-hydrogen) atoms. The van der Waals surface area contributed by atoms with Crippen molar-refractivity contribution < 1.29 is 14.0 Å². The summed E-state index contributed by atoms with van der Waals surface area (Å²) >= 11 is 0. The van der Waals surface area contributed by atoms with E-state index in [1.54, 1.807) is 0 Å². The number of rotatable bonds is 7. The largest absolute Gasteiger partial charge is 0.412 e. The standard InChI is InChI=1S/C18H29NO3Si/c1-14(20)11-12-17(21)19-16-10-8-7-9-15(16)13-22-23(5,6)18(2,3)4/h7-10H,11-13H2,1-6H3,(H,19,21). The summed E-state index contributed by atoms with van der Waals surface area (Å²) in [7, 11) is -1.84. The van der Waals surface area contributed by atoms with Crippen LogP contribution in [0.5, 0.6) is 0 Å². The molecule has 0 unspecified atom stereocenters. The fraction of sp³-hybridized carbons (Fsp3) is 0.556. The molecule has 1 aromatic rings. The first-order valence-electron chi connectivity index (χ1n) is 8.04. The molecule has 0 atom stereocenters. The minimum Gasteiger partial charge on any atom is -0.412 e. The molecule has 0 aromatic heterocycles. The molecule has 5 heteroatoms. The minimum atomic E-state index is -1.84. The number of hydrogen-bond acceptors (Lipinski definition) is 3. The van der Waals surface area contributed by atoms with Crippen LogP contribution in [0.2, 0.25) is 18.1 Å². The lowest BCUT2D eigenvalue weighted by Gasteiger charge is -2.36. The van der Waals surface area contributed by atoms with Crippen molar-refractivity contribution in [2.24, 2.45) is 0 Å². The maximum absolute atomic E-state index is 11.9. The van der Waals surface area contributed by atoms with E-state index in [-0.39, 0.29) is 29.6 Å². The third-order valence-electron chi connectivity index (χ3n) is 4.39.